The van der Waals surface area contributed by atoms with Crippen LogP contribution in [-0.4, -0.2) is 29.2 Å². The lowest BCUT2D eigenvalue weighted by Crippen LogP contribution is -2.27. The summed E-state index contributed by atoms with van der Waals surface area (Å²) in [6, 6.07) is 0.264. The summed E-state index contributed by atoms with van der Waals surface area (Å²) >= 11 is 0. The lowest BCUT2D eigenvalue weighted by molar-refractivity contribution is -0.129. The predicted molar refractivity (Wildman–Crippen MR) is 34.4 cm³/mol. The van der Waals surface area contributed by atoms with Crippen LogP contribution in [-0.2, 0) is 9.59 Å². The monoisotopic (exact) mass is 139 g/mol. The first-order valence-electron chi connectivity index (χ1n) is 3.58. The van der Waals surface area contributed by atoms with Crippen molar-refractivity contribution in [3.05, 3.63) is 0 Å². The van der Waals surface area contributed by atoms with Gasteiger partial charge >= 0.3 is 0 Å². The van der Waals surface area contributed by atoms with Crippen molar-refractivity contribution in [3.63, 3.8) is 0 Å². The van der Waals surface area contributed by atoms with Crippen LogP contribution in [0.4, 0.5) is 0 Å². The van der Waals surface area contributed by atoms with Gasteiger partial charge in [-0.25, -0.2) is 0 Å². The summed E-state index contributed by atoms with van der Waals surface area (Å²) in [5, 5.41) is 0. The molecule has 0 radical (unpaired) electrons. The highest BCUT2D eigenvalue weighted by Gasteiger charge is 2.38. The van der Waals surface area contributed by atoms with Crippen molar-refractivity contribution in [2.75, 3.05) is 6.54 Å². The molecule has 2 rings (SSSR count). The summed E-state index contributed by atoms with van der Waals surface area (Å²) in [6.07, 6.45) is 2.15. The molecule has 2 saturated heterocycles. The van der Waals surface area contributed by atoms with E-state index in [1.54, 1.807) is 4.90 Å². The normalized spacial score (nSPS) is 31.6. The predicted octanol–water partition coefficient (Wildman–Crippen LogP) is -0.0498. The zero-order valence-electron chi connectivity index (χ0n) is 5.67. The number of amides is 1. The summed E-state index contributed by atoms with van der Waals surface area (Å²) in [7, 11) is 0. The first-order chi connectivity index (χ1) is 4.77. The summed E-state index contributed by atoms with van der Waals surface area (Å²) in [4.78, 5) is 23.5. The van der Waals surface area contributed by atoms with Crippen LogP contribution in [0.1, 0.15) is 19.3 Å². The highest BCUT2D eigenvalue weighted by atomic mass is 16.2. The third-order valence-corrected chi connectivity index (χ3v) is 2.26. The number of hydrogen-bond acceptors (Lipinski definition) is 2. The minimum Gasteiger partial charge on any atom is -0.332 e. The van der Waals surface area contributed by atoms with Crippen LogP contribution in [0, 0.1) is 0 Å². The quantitative estimate of drug-likeness (QED) is 0.472. The van der Waals surface area contributed by atoms with Gasteiger partial charge < -0.3 is 4.90 Å². The SMILES string of the molecule is O=C1CC2CCC(=O)N2C1. The molecule has 1 unspecified atom stereocenters. The second-order valence-corrected chi connectivity index (χ2v) is 2.96. The Balaban J connectivity index is 2.19. The maximum atomic E-state index is 11.0. The van der Waals surface area contributed by atoms with Crippen LogP contribution in [0.5, 0.6) is 0 Å². The molecule has 0 aliphatic carbocycles. The Kier molecular flexibility index (Phi) is 1.07. The van der Waals surface area contributed by atoms with Gasteiger partial charge in [-0.2, -0.15) is 0 Å². The van der Waals surface area contributed by atoms with Gasteiger partial charge in [0.25, 0.3) is 0 Å². The number of ketones is 1. The number of rotatable bonds is 0. The number of Topliss-reactive ketones (excluding diaryl/α,β-unsaturated/α-hetero) is 1. The average Bonchev–Trinajstić information content (AvgIpc) is 2.35. The summed E-state index contributed by atoms with van der Waals surface area (Å²) in [5.74, 6) is 0.383. The van der Waals surface area contributed by atoms with Crippen LogP contribution >= 0.6 is 0 Å². The van der Waals surface area contributed by atoms with Crippen LogP contribution < -0.4 is 0 Å². The van der Waals surface area contributed by atoms with Crippen molar-refractivity contribution in [2.45, 2.75) is 25.3 Å². The molecule has 0 aromatic rings. The average molecular weight is 139 g/mol. The minimum atomic E-state index is 0.163. The molecule has 54 valence electrons. The Morgan fingerprint density at radius 3 is 2.90 bits per heavy atom. The maximum absolute atomic E-state index is 11.0. The van der Waals surface area contributed by atoms with E-state index in [1.807, 2.05) is 0 Å². The first-order valence-corrected chi connectivity index (χ1v) is 3.58. The van der Waals surface area contributed by atoms with E-state index >= 15 is 0 Å². The molecule has 2 fully saturated rings. The Labute approximate surface area is 59.0 Å². The fourth-order valence-electron chi connectivity index (χ4n) is 1.74. The van der Waals surface area contributed by atoms with E-state index in [9.17, 15) is 9.59 Å². The van der Waals surface area contributed by atoms with Crippen molar-refractivity contribution >= 4 is 11.7 Å². The molecular formula is C7H9NO2. The molecular weight excluding hydrogens is 130 g/mol. The number of fused-ring (bicyclic) bond motifs is 1. The summed E-state index contributed by atoms with van der Waals surface area (Å²) in [5.41, 5.74) is 0. The Morgan fingerprint density at radius 2 is 2.20 bits per heavy atom. The highest BCUT2D eigenvalue weighted by Crippen LogP contribution is 2.26. The molecule has 3 nitrogen and oxygen atoms in total. The third kappa shape index (κ3) is 0.664. The molecule has 0 saturated carbocycles. The molecule has 0 aromatic carbocycles. The lowest BCUT2D eigenvalue weighted by Gasteiger charge is -2.11. The van der Waals surface area contributed by atoms with Gasteiger partial charge in [-0.15, -0.1) is 0 Å². The van der Waals surface area contributed by atoms with Gasteiger partial charge in [-0.3, -0.25) is 9.59 Å². The van der Waals surface area contributed by atoms with Crippen molar-refractivity contribution < 1.29 is 9.59 Å². The van der Waals surface area contributed by atoms with Crippen molar-refractivity contribution in [2.24, 2.45) is 0 Å². The third-order valence-electron chi connectivity index (χ3n) is 2.26. The van der Waals surface area contributed by atoms with Gasteiger partial charge in [0.05, 0.1) is 6.54 Å². The van der Waals surface area contributed by atoms with Gasteiger partial charge in [-0.1, -0.05) is 0 Å². The zero-order valence-corrected chi connectivity index (χ0v) is 5.67. The second-order valence-electron chi connectivity index (χ2n) is 2.96. The minimum absolute atomic E-state index is 0.163. The highest BCUT2D eigenvalue weighted by molar-refractivity contribution is 5.91. The Bertz CT molecular complexity index is 200. The van der Waals surface area contributed by atoms with E-state index in [1.165, 1.54) is 0 Å². The Hall–Kier alpha value is -0.860. The van der Waals surface area contributed by atoms with E-state index in [4.69, 9.17) is 0 Å². The molecule has 3 heteroatoms. The van der Waals surface area contributed by atoms with Crippen LogP contribution in [0.2, 0.25) is 0 Å². The topological polar surface area (TPSA) is 37.4 Å². The standard InChI is InChI=1S/C7H9NO2/c9-6-3-5-1-2-7(10)8(5)4-6/h5H,1-4H2. The molecule has 2 heterocycles. The molecule has 1 atom stereocenters. The van der Waals surface area contributed by atoms with Gasteiger partial charge in [0.2, 0.25) is 5.91 Å². The number of hydrogen-bond donors (Lipinski definition) is 0. The van der Waals surface area contributed by atoms with Crippen molar-refractivity contribution in [1.82, 2.24) is 4.90 Å². The Morgan fingerprint density at radius 1 is 1.40 bits per heavy atom. The van der Waals surface area contributed by atoms with Gasteiger partial charge in [0.15, 0.2) is 5.78 Å². The lowest BCUT2D eigenvalue weighted by atomic mass is 10.1. The van der Waals surface area contributed by atoms with Crippen molar-refractivity contribution in [1.29, 1.82) is 0 Å². The second kappa shape index (κ2) is 1.81. The number of nitrogens with zero attached hydrogens (tertiary/aromatic N) is 1. The fourth-order valence-corrected chi connectivity index (χ4v) is 1.74. The van der Waals surface area contributed by atoms with Crippen LogP contribution in [0.3, 0.4) is 0 Å². The van der Waals surface area contributed by atoms with E-state index < -0.39 is 0 Å². The van der Waals surface area contributed by atoms with Crippen LogP contribution in [0.25, 0.3) is 0 Å². The summed E-state index contributed by atoms with van der Waals surface area (Å²) < 4.78 is 0. The molecule has 2 aliphatic rings. The van der Waals surface area contributed by atoms with Gasteiger partial charge in [0.1, 0.15) is 0 Å². The molecule has 2 aliphatic heterocycles. The smallest absolute Gasteiger partial charge is 0.223 e. The molecule has 0 bridgehead atoms. The molecule has 0 aromatic heterocycles. The number of carbonyl (C=O) groups excluding carboxylic acids is 2. The first kappa shape index (κ1) is 5.89. The summed E-state index contributed by atoms with van der Waals surface area (Å²) in [6.45, 7) is 0.378. The van der Waals surface area contributed by atoms with E-state index in [0.717, 1.165) is 6.42 Å². The van der Waals surface area contributed by atoms with Gasteiger partial charge in [-0.05, 0) is 6.42 Å². The molecule has 0 spiro atoms. The zero-order chi connectivity index (χ0) is 7.14. The molecule has 1 amide bonds. The number of carbonyl (C=O) groups is 2. The van der Waals surface area contributed by atoms with E-state index in [-0.39, 0.29) is 17.7 Å². The maximum Gasteiger partial charge on any atom is 0.223 e. The van der Waals surface area contributed by atoms with Crippen LogP contribution in [0.15, 0.2) is 0 Å². The van der Waals surface area contributed by atoms with E-state index in [2.05, 4.69) is 0 Å². The largest absolute Gasteiger partial charge is 0.332 e. The van der Waals surface area contributed by atoms with Gasteiger partial charge in [0, 0.05) is 18.9 Å². The fraction of sp³-hybridized carbons (Fsp3) is 0.714. The molecule has 0 N–H and O–H groups in total. The van der Waals surface area contributed by atoms with Crippen molar-refractivity contribution in [3.8, 4) is 0 Å². The molecule has 10 heavy (non-hydrogen) atoms. The van der Waals surface area contributed by atoms with E-state index in [0.29, 0.717) is 19.4 Å².